The molecule has 0 bridgehead atoms. The van der Waals surface area contributed by atoms with Gasteiger partial charge in [0.2, 0.25) is 0 Å². The zero-order valence-corrected chi connectivity index (χ0v) is 22.1. The van der Waals surface area contributed by atoms with Crippen molar-refractivity contribution in [2.45, 2.75) is 19.5 Å². The summed E-state index contributed by atoms with van der Waals surface area (Å²) in [4.78, 5) is 33.4. The number of pyridine rings is 1. The van der Waals surface area contributed by atoms with Crippen molar-refractivity contribution >= 4 is 16.8 Å². The van der Waals surface area contributed by atoms with Crippen LogP contribution in [0.3, 0.4) is 0 Å². The number of amides is 1. The molecule has 6 rings (SSSR count). The lowest BCUT2D eigenvalue weighted by Gasteiger charge is -2.38. The number of furan rings is 1. The fourth-order valence-corrected chi connectivity index (χ4v) is 5.18. The highest BCUT2D eigenvalue weighted by Crippen LogP contribution is 2.29. The van der Waals surface area contributed by atoms with E-state index in [1.54, 1.807) is 21.7 Å². The van der Waals surface area contributed by atoms with Crippen LogP contribution in [0.1, 0.15) is 40.5 Å². The summed E-state index contributed by atoms with van der Waals surface area (Å²) in [6.45, 7) is 4.90. The van der Waals surface area contributed by atoms with E-state index in [1.165, 1.54) is 6.26 Å². The molecule has 0 saturated carbocycles. The summed E-state index contributed by atoms with van der Waals surface area (Å²) in [6.07, 6.45) is 1.50. The lowest BCUT2D eigenvalue weighted by Crippen LogP contribution is -2.50. The van der Waals surface area contributed by atoms with Gasteiger partial charge in [-0.1, -0.05) is 30.3 Å². The van der Waals surface area contributed by atoms with Gasteiger partial charge in [-0.15, -0.1) is 5.10 Å². The zero-order valence-electron chi connectivity index (χ0n) is 22.1. The molecule has 4 heterocycles. The van der Waals surface area contributed by atoms with Gasteiger partial charge in [0.15, 0.2) is 11.6 Å². The SMILES string of the molecule is CCOc1ccc2[nH]c(=O)c([C@@H](c3nnnn3Cc3ccccc3)N3CCN(C(=O)c4ccco4)CC3)cc2c1. The molecule has 204 valence electrons. The molecule has 1 amide bonds. The van der Waals surface area contributed by atoms with Crippen LogP contribution in [0.4, 0.5) is 0 Å². The highest BCUT2D eigenvalue weighted by Gasteiger charge is 2.34. The highest BCUT2D eigenvalue weighted by molar-refractivity contribution is 5.91. The lowest BCUT2D eigenvalue weighted by atomic mass is 10.0. The van der Waals surface area contributed by atoms with Crippen LogP contribution in [0.5, 0.6) is 5.75 Å². The van der Waals surface area contributed by atoms with Crippen LogP contribution >= 0.6 is 0 Å². The van der Waals surface area contributed by atoms with Gasteiger partial charge >= 0.3 is 0 Å². The van der Waals surface area contributed by atoms with Crippen LogP contribution < -0.4 is 10.3 Å². The third-order valence-electron chi connectivity index (χ3n) is 7.13. The lowest BCUT2D eigenvalue weighted by molar-refractivity contribution is 0.0558. The van der Waals surface area contributed by atoms with E-state index in [0.717, 1.165) is 16.7 Å². The van der Waals surface area contributed by atoms with E-state index < -0.39 is 6.04 Å². The Labute approximate surface area is 230 Å². The molecule has 3 aromatic heterocycles. The molecule has 1 N–H and O–H groups in total. The first kappa shape index (κ1) is 25.5. The Balaban J connectivity index is 1.38. The van der Waals surface area contributed by atoms with Crippen LogP contribution in [0, 0.1) is 0 Å². The van der Waals surface area contributed by atoms with Crippen LogP contribution in [-0.2, 0) is 6.54 Å². The average Bonchev–Trinajstić information content (AvgIpc) is 3.68. The Kier molecular flexibility index (Phi) is 7.11. The number of nitrogens with one attached hydrogen (secondary N) is 1. The first-order chi connectivity index (χ1) is 19.6. The number of benzene rings is 2. The van der Waals surface area contributed by atoms with Crippen LogP contribution in [-0.4, -0.2) is 73.7 Å². The molecule has 1 aliphatic heterocycles. The van der Waals surface area contributed by atoms with E-state index in [4.69, 9.17) is 9.15 Å². The second-order valence-electron chi connectivity index (χ2n) is 9.62. The second kappa shape index (κ2) is 11.1. The van der Waals surface area contributed by atoms with Crippen LogP contribution in [0.25, 0.3) is 10.9 Å². The molecule has 1 aliphatic rings. The van der Waals surface area contributed by atoms with Crippen molar-refractivity contribution in [2.75, 3.05) is 32.8 Å². The van der Waals surface area contributed by atoms with Crippen molar-refractivity contribution in [3.63, 3.8) is 0 Å². The average molecular weight is 540 g/mol. The molecule has 0 radical (unpaired) electrons. The Morgan fingerprint density at radius 2 is 1.88 bits per heavy atom. The van der Waals surface area contributed by atoms with Gasteiger partial charge in [-0.25, -0.2) is 4.68 Å². The maximum atomic E-state index is 13.6. The Bertz CT molecular complexity index is 1660. The van der Waals surface area contributed by atoms with Gasteiger partial charge in [-0.2, -0.15) is 0 Å². The number of hydrogen-bond acceptors (Lipinski definition) is 8. The zero-order chi connectivity index (χ0) is 27.5. The van der Waals surface area contributed by atoms with Crippen molar-refractivity contribution in [3.05, 3.63) is 106 Å². The van der Waals surface area contributed by atoms with Crippen molar-refractivity contribution in [1.82, 2.24) is 35.0 Å². The highest BCUT2D eigenvalue weighted by atomic mass is 16.5. The van der Waals surface area contributed by atoms with Crippen molar-refractivity contribution in [3.8, 4) is 5.75 Å². The number of tetrazole rings is 1. The number of hydrogen-bond donors (Lipinski definition) is 1. The van der Waals surface area contributed by atoms with Gasteiger partial charge in [-0.05, 0) is 59.3 Å². The number of ether oxygens (including phenoxy) is 1. The molecule has 0 spiro atoms. The second-order valence-corrected chi connectivity index (χ2v) is 9.62. The number of fused-ring (bicyclic) bond motifs is 1. The van der Waals surface area contributed by atoms with E-state index >= 15 is 0 Å². The summed E-state index contributed by atoms with van der Waals surface area (Å²) in [5, 5.41) is 13.5. The van der Waals surface area contributed by atoms with Gasteiger partial charge in [0.25, 0.3) is 11.5 Å². The summed E-state index contributed by atoms with van der Waals surface area (Å²) in [5.41, 5.74) is 2.06. The maximum absolute atomic E-state index is 13.6. The van der Waals surface area contributed by atoms with Crippen molar-refractivity contribution < 1.29 is 13.9 Å². The normalized spacial score (nSPS) is 14.9. The smallest absolute Gasteiger partial charge is 0.289 e. The number of carbonyl (C=O) groups excluding carboxylic acids is 1. The van der Waals surface area contributed by atoms with Gasteiger partial charge in [0.1, 0.15) is 11.8 Å². The number of nitrogens with zero attached hydrogens (tertiary/aromatic N) is 6. The van der Waals surface area contributed by atoms with Gasteiger partial charge < -0.3 is 19.0 Å². The van der Waals surface area contributed by atoms with Gasteiger partial charge in [0, 0.05) is 42.6 Å². The van der Waals surface area contributed by atoms with Crippen molar-refractivity contribution in [2.24, 2.45) is 0 Å². The molecule has 11 nitrogen and oxygen atoms in total. The van der Waals surface area contributed by atoms with Crippen molar-refractivity contribution in [1.29, 1.82) is 0 Å². The number of rotatable bonds is 8. The summed E-state index contributed by atoms with van der Waals surface area (Å²) >= 11 is 0. The van der Waals surface area contributed by atoms with E-state index in [2.05, 4.69) is 25.4 Å². The predicted molar refractivity (Wildman–Crippen MR) is 147 cm³/mol. The molecule has 1 fully saturated rings. The minimum atomic E-state index is -0.538. The van der Waals surface area contributed by atoms with E-state index in [9.17, 15) is 9.59 Å². The maximum Gasteiger partial charge on any atom is 0.289 e. The Morgan fingerprint density at radius 1 is 1.05 bits per heavy atom. The number of piperazine rings is 1. The largest absolute Gasteiger partial charge is 0.494 e. The topological polar surface area (TPSA) is 122 Å². The molecule has 11 heteroatoms. The Hall–Kier alpha value is -4.77. The minimum absolute atomic E-state index is 0.151. The summed E-state index contributed by atoms with van der Waals surface area (Å²) < 4.78 is 12.8. The van der Waals surface area contributed by atoms with Gasteiger partial charge in [0.05, 0.1) is 19.4 Å². The van der Waals surface area contributed by atoms with E-state index in [-0.39, 0.29) is 11.5 Å². The molecule has 1 atom stereocenters. The fraction of sp³-hybridized carbons (Fsp3) is 0.276. The molecule has 0 aliphatic carbocycles. The van der Waals surface area contributed by atoms with Crippen LogP contribution in [0.15, 0.2) is 82.2 Å². The van der Waals surface area contributed by atoms with Gasteiger partial charge in [-0.3, -0.25) is 14.5 Å². The molecular formula is C29H29N7O4. The number of aromatic amines is 1. The third-order valence-corrected chi connectivity index (χ3v) is 7.13. The molecule has 1 saturated heterocycles. The van der Waals surface area contributed by atoms with E-state index in [1.807, 2.05) is 61.5 Å². The van der Waals surface area contributed by atoms with Crippen LogP contribution in [0.2, 0.25) is 0 Å². The fourth-order valence-electron chi connectivity index (χ4n) is 5.18. The quantitative estimate of drug-likeness (QED) is 0.319. The molecule has 0 unspecified atom stereocenters. The number of H-pyrrole nitrogens is 1. The third kappa shape index (κ3) is 5.10. The molecule has 5 aromatic rings. The number of carbonyl (C=O) groups is 1. The molecule has 40 heavy (non-hydrogen) atoms. The molecular weight excluding hydrogens is 510 g/mol. The monoisotopic (exact) mass is 539 g/mol. The first-order valence-electron chi connectivity index (χ1n) is 13.3. The minimum Gasteiger partial charge on any atom is -0.494 e. The van der Waals surface area contributed by atoms with E-state index in [0.29, 0.717) is 62.0 Å². The molecule has 2 aromatic carbocycles. The first-order valence-corrected chi connectivity index (χ1v) is 13.3. The number of aromatic nitrogens is 5. The summed E-state index contributed by atoms with van der Waals surface area (Å²) in [7, 11) is 0. The summed E-state index contributed by atoms with van der Waals surface area (Å²) in [6, 6.07) is 20.3. The standard InChI is InChI=1S/C29H29N7O4/c1-2-39-22-10-11-24-21(17-22)18-23(28(37)30-24)26(27-31-32-33-36(27)19-20-7-4-3-5-8-20)34-12-14-35(15-13-34)29(38)25-9-6-16-40-25/h3-11,16-18,26H,2,12-15,19H2,1H3,(H,30,37)/t26-/m0/s1. The Morgan fingerprint density at radius 3 is 2.62 bits per heavy atom. The predicted octanol–water partition coefficient (Wildman–Crippen LogP) is 3.10. The summed E-state index contributed by atoms with van der Waals surface area (Å²) in [5.74, 6) is 1.44.